The second kappa shape index (κ2) is 6.36. The maximum Gasteiger partial charge on any atom is 0.357 e. The number of fused-ring (bicyclic) bond motifs is 1. The van der Waals surface area contributed by atoms with Gasteiger partial charge in [-0.3, -0.25) is 4.79 Å². The standard InChI is InChI=1S/C18H12FNO3/c19-14-6-3-5-13(10-14)17(21)11-23-18(22)16-9-8-12-4-1-2-7-15(12)20-16/h1-10H,11H2. The number of benzene rings is 2. The molecule has 0 spiro atoms. The number of hydrogen-bond donors (Lipinski definition) is 0. The van der Waals surface area contributed by atoms with Crippen LogP contribution in [-0.4, -0.2) is 23.3 Å². The zero-order chi connectivity index (χ0) is 16.2. The SMILES string of the molecule is O=C(COC(=O)c1ccc2ccccc2n1)c1cccc(F)c1. The van der Waals surface area contributed by atoms with Crippen molar-refractivity contribution < 1.29 is 18.7 Å². The van der Waals surface area contributed by atoms with Crippen LogP contribution in [0.2, 0.25) is 0 Å². The van der Waals surface area contributed by atoms with Gasteiger partial charge in [0.1, 0.15) is 11.5 Å². The van der Waals surface area contributed by atoms with Crippen molar-refractivity contribution in [1.29, 1.82) is 0 Å². The summed E-state index contributed by atoms with van der Waals surface area (Å²) in [6.07, 6.45) is 0. The van der Waals surface area contributed by atoms with Gasteiger partial charge in [-0.1, -0.05) is 36.4 Å². The van der Waals surface area contributed by atoms with E-state index in [2.05, 4.69) is 4.98 Å². The molecule has 0 fully saturated rings. The number of ether oxygens (including phenoxy) is 1. The Kier molecular flexibility index (Phi) is 4.10. The number of halogens is 1. The molecule has 3 rings (SSSR count). The van der Waals surface area contributed by atoms with Crippen LogP contribution in [0.5, 0.6) is 0 Å². The fourth-order valence-corrected chi connectivity index (χ4v) is 2.13. The Bertz CT molecular complexity index is 892. The fraction of sp³-hybridized carbons (Fsp3) is 0.0556. The molecule has 0 radical (unpaired) electrons. The highest BCUT2D eigenvalue weighted by Crippen LogP contribution is 2.12. The summed E-state index contributed by atoms with van der Waals surface area (Å²) in [5, 5.41) is 0.903. The lowest BCUT2D eigenvalue weighted by molar-refractivity contribution is 0.0469. The summed E-state index contributed by atoms with van der Waals surface area (Å²) in [4.78, 5) is 28.1. The number of carbonyl (C=O) groups is 2. The second-order valence-electron chi connectivity index (χ2n) is 4.90. The van der Waals surface area contributed by atoms with Crippen LogP contribution in [0.15, 0.2) is 60.7 Å². The number of Topliss-reactive ketones (excluding diaryl/α,β-unsaturated/α-hetero) is 1. The molecule has 0 atom stereocenters. The minimum absolute atomic E-state index is 0.121. The predicted molar refractivity (Wildman–Crippen MR) is 82.8 cm³/mol. The van der Waals surface area contributed by atoms with E-state index in [-0.39, 0.29) is 11.3 Å². The van der Waals surface area contributed by atoms with Crippen LogP contribution >= 0.6 is 0 Å². The average Bonchev–Trinajstić information content (AvgIpc) is 2.59. The molecule has 3 aromatic rings. The van der Waals surface area contributed by atoms with E-state index in [1.807, 2.05) is 18.2 Å². The zero-order valence-electron chi connectivity index (χ0n) is 12.0. The van der Waals surface area contributed by atoms with E-state index in [9.17, 15) is 14.0 Å². The molecule has 0 saturated carbocycles. The van der Waals surface area contributed by atoms with Crippen LogP contribution in [-0.2, 0) is 4.74 Å². The van der Waals surface area contributed by atoms with E-state index in [1.165, 1.54) is 24.3 Å². The normalized spacial score (nSPS) is 10.5. The number of ketones is 1. The first kappa shape index (κ1) is 14.8. The quantitative estimate of drug-likeness (QED) is 0.547. The van der Waals surface area contributed by atoms with Gasteiger partial charge in [0.2, 0.25) is 0 Å². The summed E-state index contributed by atoms with van der Waals surface area (Å²) in [7, 11) is 0. The summed E-state index contributed by atoms with van der Waals surface area (Å²) in [5.41, 5.74) is 0.943. The van der Waals surface area contributed by atoms with Gasteiger partial charge < -0.3 is 4.74 Å². The molecule has 23 heavy (non-hydrogen) atoms. The monoisotopic (exact) mass is 309 g/mol. The molecule has 0 amide bonds. The van der Waals surface area contributed by atoms with E-state index in [1.54, 1.807) is 12.1 Å². The predicted octanol–water partition coefficient (Wildman–Crippen LogP) is 3.41. The fourth-order valence-electron chi connectivity index (χ4n) is 2.13. The van der Waals surface area contributed by atoms with Crippen molar-refractivity contribution in [1.82, 2.24) is 4.98 Å². The van der Waals surface area contributed by atoms with E-state index >= 15 is 0 Å². The third-order valence-corrected chi connectivity index (χ3v) is 3.29. The Labute approximate surface area is 131 Å². The molecular weight excluding hydrogens is 297 g/mol. The Morgan fingerprint density at radius 1 is 1.00 bits per heavy atom. The molecular formula is C18H12FNO3. The average molecular weight is 309 g/mol. The first-order chi connectivity index (χ1) is 11.1. The van der Waals surface area contributed by atoms with Crippen LogP contribution in [0.1, 0.15) is 20.8 Å². The Morgan fingerprint density at radius 3 is 2.65 bits per heavy atom. The lowest BCUT2D eigenvalue weighted by Crippen LogP contribution is -2.15. The van der Waals surface area contributed by atoms with Gasteiger partial charge in [-0.05, 0) is 24.3 Å². The summed E-state index contributed by atoms with van der Waals surface area (Å²) in [5.74, 6) is -1.68. The highest BCUT2D eigenvalue weighted by Gasteiger charge is 2.13. The van der Waals surface area contributed by atoms with Gasteiger partial charge in [-0.15, -0.1) is 0 Å². The number of para-hydroxylation sites is 1. The molecule has 4 nitrogen and oxygen atoms in total. The Balaban J connectivity index is 1.69. The van der Waals surface area contributed by atoms with Crippen LogP contribution in [0.25, 0.3) is 10.9 Å². The van der Waals surface area contributed by atoms with E-state index < -0.39 is 24.2 Å². The van der Waals surface area contributed by atoms with Crippen molar-refractivity contribution in [2.24, 2.45) is 0 Å². The molecule has 0 aliphatic carbocycles. The van der Waals surface area contributed by atoms with E-state index in [4.69, 9.17) is 4.74 Å². The van der Waals surface area contributed by atoms with Crippen LogP contribution in [0.4, 0.5) is 4.39 Å². The molecule has 0 aliphatic heterocycles. The van der Waals surface area contributed by atoms with E-state index in [0.29, 0.717) is 5.52 Å². The van der Waals surface area contributed by atoms with Crippen LogP contribution in [0.3, 0.4) is 0 Å². The first-order valence-corrected chi connectivity index (χ1v) is 6.95. The molecule has 1 aromatic heterocycles. The molecule has 0 saturated heterocycles. The van der Waals surface area contributed by atoms with Gasteiger partial charge in [-0.2, -0.15) is 0 Å². The third-order valence-electron chi connectivity index (χ3n) is 3.29. The molecule has 114 valence electrons. The number of nitrogens with zero attached hydrogens (tertiary/aromatic N) is 1. The largest absolute Gasteiger partial charge is 0.453 e. The lowest BCUT2D eigenvalue weighted by atomic mass is 10.1. The highest BCUT2D eigenvalue weighted by atomic mass is 19.1. The van der Waals surface area contributed by atoms with Crippen molar-refractivity contribution in [3.63, 3.8) is 0 Å². The van der Waals surface area contributed by atoms with Crippen molar-refractivity contribution in [2.45, 2.75) is 0 Å². The lowest BCUT2D eigenvalue weighted by Gasteiger charge is -2.05. The number of esters is 1. The molecule has 5 heteroatoms. The topological polar surface area (TPSA) is 56.3 Å². The summed E-state index contributed by atoms with van der Waals surface area (Å²) < 4.78 is 18.0. The minimum atomic E-state index is -0.694. The maximum absolute atomic E-state index is 13.1. The molecule has 0 bridgehead atoms. The van der Waals surface area contributed by atoms with E-state index in [0.717, 1.165) is 11.5 Å². The summed E-state index contributed by atoms with van der Waals surface area (Å²) >= 11 is 0. The van der Waals surface area contributed by atoms with Crippen molar-refractivity contribution in [3.8, 4) is 0 Å². The van der Waals surface area contributed by atoms with Crippen molar-refractivity contribution >= 4 is 22.7 Å². The highest BCUT2D eigenvalue weighted by molar-refractivity contribution is 5.99. The van der Waals surface area contributed by atoms with Gasteiger partial charge in [0, 0.05) is 10.9 Å². The molecule has 0 unspecified atom stereocenters. The summed E-state index contributed by atoms with van der Waals surface area (Å²) in [6.45, 7) is -0.462. The third kappa shape index (κ3) is 3.40. The molecule has 0 N–H and O–H groups in total. The summed E-state index contributed by atoms with van der Waals surface area (Å²) in [6, 6.07) is 15.9. The van der Waals surface area contributed by atoms with Gasteiger partial charge in [-0.25, -0.2) is 14.2 Å². The van der Waals surface area contributed by atoms with Gasteiger partial charge in [0.15, 0.2) is 12.4 Å². The number of pyridine rings is 1. The van der Waals surface area contributed by atoms with Crippen molar-refractivity contribution in [3.05, 3.63) is 77.7 Å². The number of aromatic nitrogens is 1. The molecule has 1 heterocycles. The van der Waals surface area contributed by atoms with Gasteiger partial charge in [0.25, 0.3) is 0 Å². The van der Waals surface area contributed by atoms with Crippen LogP contribution < -0.4 is 0 Å². The van der Waals surface area contributed by atoms with Crippen LogP contribution in [0, 0.1) is 5.82 Å². The number of carbonyl (C=O) groups excluding carboxylic acids is 2. The number of rotatable bonds is 4. The maximum atomic E-state index is 13.1. The molecule has 0 aliphatic rings. The minimum Gasteiger partial charge on any atom is -0.453 e. The molecule has 2 aromatic carbocycles. The smallest absolute Gasteiger partial charge is 0.357 e. The zero-order valence-corrected chi connectivity index (χ0v) is 12.0. The van der Waals surface area contributed by atoms with Crippen molar-refractivity contribution in [2.75, 3.05) is 6.61 Å². The number of hydrogen-bond acceptors (Lipinski definition) is 4. The Morgan fingerprint density at radius 2 is 1.83 bits per heavy atom. The first-order valence-electron chi connectivity index (χ1n) is 6.95. The van der Waals surface area contributed by atoms with Gasteiger partial charge >= 0.3 is 5.97 Å². The Hall–Kier alpha value is -3.08. The van der Waals surface area contributed by atoms with Gasteiger partial charge in [0.05, 0.1) is 5.52 Å². The second-order valence-corrected chi connectivity index (χ2v) is 4.90.